The molecule has 0 saturated carbocycles. The number of hydrogen-bond donors (Lipinski definition) is 1. The summed E-state index contributed by atoms with van der Waals surface area (Å²) in [6.07, 6.45) is -3.51. The molecule has 0 saturated heterocycles. The first-order chi connectivity index (χ1) is 12.6. The average Bonchev–Trinajstić information content (AvgIpc) is 2.85. The number of nitriles is 1. The molecule has 1 aliphatic rings. The lowest BCUT2D eigenvalue weighted by molar-refractivity contribution is -0.0976. The van der Waals surface area contributed by atoms with Crippen molar-refractivity contribution < 1.29 is 35.8 Å². The van der Waals surface area contributed by atoms with Crippen LogP contribution in [0.4, 0.5) is 17.6 Å². The van der Waals surface area contributed by atoms with Gasteiger partial charge in [-0.15, -0.1) is 0 Å². The van der Waals surface area contributed by atoms with Gasteiger partial charge in [-0.3, -0.25) is 0 Å². The van der Waals surface area contributed by atoms with Gasteiger partial charge in [0.1, 0.15) is 23.4 Å². The van der Waals surface area contributed by atoms with Gasteiger partial charge < -0.3 is 9.84 Å². The zero-order valence-corrected chi connectivity index (χ0v) is 14.2. The number of sulfone groups is 1. The highest BCUT2D eigenvalue weighted by atomic mass is 32.2. The number of hydrogen-bond acceptors (Lipinski definition) is 5. The molecule has 3 rings (SSSR count). The molecule has 0 unspecified atom stereocenters. The zero-order chi connectivity index (χ0) is 20.0. The smallest absolute Gasteiger partial charge is 0.281 e. The van der Waals surface area contributed by atoms with Gasteiger partial charge in [0.05, 0.1) is 16.5 Å². The van der Waals surface area contributed by atoms with E-state index < -0.39 is 50.6 Å². The fraction of sp³-hybridized carbons (Fsp3) is 0.235. The highest BCUT2D eigenvalue weighted by Gasteiger charge is 2.50. The Kier molecular flexibility index (Phi) is 4.61. The van der Waals surface area contributed by atoms with Crippen LogP contribution in [0.3, 0.4) is 0 Å². The molecule has 5 nitrogen and oxygen atoms in total. The molecule has 0 radical (unpaired) electrons. The van der Waals surface area contributed by atoms with Crippen molar-refractivity contribution in [2.24, 2.45) is 0 Å². The number of aliphatic hydroxyl groups is 1. The van der Waals surface area contributed by atoms with E-state index in [1.807, 2.05) is 0 Å². The molecule has 0 heterocycles. The van der Waals surface area contributed by atoms with E-state index in [0.29, 0.717) is 0 Å². The number of nitrogens with zero attached hydrogens (tertiary/aromatic N) is 1. The lowest BCUT2D eigenvalue weighted by Crippen LogP contribution is -2.22. The Balaban J connectivity index is 2.15. The van der Waals surface area contributed by atoms with Crippen molar-refractivity contribution in [2.45, 2.75) is 23.3 Å². The molecule has 1 atom stereocenters. The van der Waals surface area contributed by atoms with Crippen molar-refractivity contribution in [3.05, 3.63) is 52.8 Å². The minimum atomic E-state index is -4.53. The Morgan fingerprint density at radius 3 is 2.63 bits per heavy atom. The van der Waals surface area contributed by atoms with E-state index in [2.05, 4.69) is 0 Å². The van der Waals surface area contributed by atoms with E-state index in [-0.39, 0.29) is 22.6 Å². The summed E-state index contributed by atoms with van der Waals surface area (Å²) in [5.41, 5.74) is -1.06. The van der Waals surface area contributed by atoms with Crippen LogP contribution in [0.5, 0.6) is 11.5 Å². The Morgan fingerprint density at radius 1 is 1.30 bits per heavy atom. The summed E-state index contributed by atoms with van der Waals surface area (Å²) in [5, 5.41) is 18.7. The number of halogens is 4. The maximum atomic E-state index is 14.0. The highest BCUT2D eigenvalue weighted by Crippen LogP contribution is 2.49. The normalized spacial score (nSPS) is 18.0. The van der Waals surface area contributed by atoms with Crippen molar-refractivity contribution in [1.29, 1.82) is 5.26 Å². The standard InChI is InChI=1S/C17H11F4NO4S/c18-8-27(24,25)14-2-1-13(12-6-17(20,21)16(23)15(12)14)26-11-4-9(7-22)3-10(19)5-11/h1-5,16,23H,6,8H2/t16-/m0/s1. The summed E-state index contributed by atoms with van der Waals surface area (Å²) < 4.78 is 83.5. The Morgan fingerprint density at radius 2 is 2.00 bits per heavy atom. The van der Waals surface area contributed by atoms with Crippen LogP contribution < -0.4 is 4.74 Å². The second-order valence-corrected chi connectivity index (χ2v) is 7.80. The molecule has 1 N–H and O–H groups in total. The molecule has 0 aliphatic heterocycles. The minimum Gasteiger partial charge on any atom is -0.457 e. The molecule has 0 aromatic heterocycles. The molecule has 1 aliphatic carbocycles. The number of ether oxygens (including phenoxy) is 1. The third-order valence-corrected chi connectivity index (χ3v) is 5.38. The second-order valence-electron chi connectivity index (χ2n) is 5.91. The van der Waals surface area contributed by atoms with E-state index in [1.54, 1.807) is 6.07 Å². The molecule has 0 spiro atoms. The highest BCUT2D eigenvalue weighted by molar-refractivity contribution is 7.91. The van der Waals surface area contributed by atoms with E-state index in [1.165, 1.54) is 0 Å². The quantitative estimate of drug-likeness (QED) is 0.794. The lowest BCUT2D eigenvalue weighted by Gasteiger charge is -2.16. The van der Waals surface area contributed by atoms with Gasteiger partial charge in [0.25, 0.3) is 5.92 Å². The van der Waals surface area contributed by atoms with Crippen LogP contribution in [0.2, 0.25) is 0 Å². The van der Waals surface area contributed by atoms with Crippen LogP contribution in [0.25, 0.3) is 0 Å². The molecule has 0 bridgehead atoms. The SMILES string of the molecule is N#Cc1cc(F)cc(Oc2ccc(S(=O)(=O)CF)c3c2CC(F)(F)[C@H]3O)c1. The monoisotopic (exact) mass is 401 g/mol. The first-order valence-corrected chi connectivity index (χ1v) is 9.13. The molecule has 0 fully saturated rings. The predicted octanol–water partition coefficient (Wildman–Crippen LogP) is 3.42. The van der Waals surface area contributed by atoms with Gasteiger partial charge in [0.2, 0.25) is 9.84 Å². The molecule has 142 valence electrons. The molecule has 2 aromatic rings. The Bertz CT molecular complexity index is 1060. The van der Waals surface area contributed by atoms with Gasteiger partial charge in [-0.05, 0) is 24.3 Å². The van der Waals surface area contributed by atoms with Gasteiger partial charge >= 0.3 is 0 Å². The second kappa shape index (κ2) is 6.51. The van der Waals surface area contributed by atoms with Crippen LogP contribution >= 0.6 is 0 Å². The molecule has 10 heteroatoms. The van der Waals surface area contributed by atoms with Crippen molar-refractivity contribution in [3.8, 4) is 17.6 Å². The molecule has 2 aromatic carbocycles. The molecule has 0 amide bonds. The zero-order valence-electron chi connectivity index (χ0n) is 13.4. The van der Waals surface area contributed by atoms with Crippen molar-refractivity contribution in [2.75, 3.05) is 6.01 Å². The first-order valence-electron chi connectivity index (χ1n) is 7.48. The van der Waals surface area contributed by atoms with E-state index in [0.717, 1.165) is 30.3 Å². The topological polar surface area (TPSA) is 87.4 Å². The van der Waals surface area contributed by atoms with Gasteiger partial charge in [-0.2, -0.15) is 5.26 Å². The summed E-state index contributed by atoms with van der Waals surface area (Å²) in [6.45, 7) is 0. The number of rotatable bonds is 4. The fourth-order valence-electron chi connectivity index (χ4n) is 2.89. The van der Waals surface area contributed by atoms with Crippen molar-refractivity contribution in [1.82, 2.24) is 0 Å². The average molecular weight is 401 g/mol. The third kappa shape index (κ3) is 3.36. The summed E-state index contributed by atoms with van der Waals surface area (Å²) in [6, 6.07) is 4.74. The van der Waals surface area contributed by atoms with Crippen LogP contribution in [-0.4, -0.2) is 25.5 Å². The van der Waals surface area contributed by atoms with Gasteiger partial charge in [0, 0.05) is 23.6 Å². The maximum Gasteiger partial charge on any atom is 0.281 e. The Hall–Kier alpha value is -2.64. The molecular formula is C17H11F4NO4S. The molecule has 27 heavy (non-hydrogen) atoms. The van der Waals surface area contributed by atoms with Gasteiger partial charge in [-0.1, -0.05) is 0 Å². The first kappa shape index (κ1) is 19.1. The number of aliphatic hydroxyl groups excluding tert-OH is 1. The minimum absolute atomic E-state index is 0.0800. The largest absolute Gasteiger partial charge is 0.457 e. The van der Waals surface area contributed by atoms with Crippen LogP contribution in [0, 0.1) is 17.1 Å². The number of benzene rings is 2. The van der Waals surface area contributed by atoms with E-state index >= 15 is 0 Å². The Labute approximate surface area is 151 Å². The van der Waals surface area contributed by atoms with Crippen molar-refractivity contribution >= 4 is 9.84 Å². The third-order valence-electron chi connectivity index (χ3n) is 4.07. The molecular weight excluding hydrogens is 390 g/mol. The van der Waals surface area contributed by atoms with Crippen LogP contribution in [-0.2, 0) is 16.3 Å². The fourth-order valence-corrected chi connectivity index (χ4v) is 3.85. The van der Waals surface area contributed by atoms with E-state index in [9.17, 15) is 31.1 Å². The van der Waals surface area contributed by atoms with Crippen LogP contribution in [0.15, 0.2) is 35.2 Å². The van der Waals surface area contributed by atoms with E-state index in [4.69, 9.17) is 10.00 Å². The maximum absolute atomic E-state index is 14.0. The lowest BCUT2D eigenvalue weighted by atomic mass is 10.1. The summed E-state index contributed by atoms with van der Waals surface area (Å²) >= 11 is 0. The van der Waals surface area contributed by atoms with Gasteiger partial charge in [-0.25, -0.2) is 26.0 Å². The van der Waals surface area contributed by atoms with Crippen molar-refractivity contribution in [3.63, 3.8) is 0 Å². The van der Waals surface area contributed by atoms with Crippen LogP contribution in [0.1, 0.15) is 22.8 Å². The summed E-state index contributed by atoms with van der Waals surface area (Å²) in [4.78, 5) is -0.756. The summed E-state index contributed by atoms with van der Waals surface area (Å²) in [5.74, 6) is -4.93. The summed E-state index contributed by atoms with van der Waals surface area (Å²) in [7, 11) is -4.53. The number of fused-ring (bicyclic) bond motifs is 1. The van der Waals surface area contributed by atoms with Gasteiger partial charge in [0.15, 0.2) is 6.01 Å². The number of alkyl halides is 3. The predicted molar refractivity (Wildman–Crippen MR) is 84.4 cm³/mol.